The van der Waals surface area contributed by atoms with E-state index in [1.165, 1.54) is 10.8 Å². The predicted octanol–water partition coefficient (Wildman–Crippen LogP) is 1.05. The van der Waals surface area contributed by atoms with Crippen molar-refractivity contribution >= 4 is 28.4 Å². The Labute approximate surface area is 58.2 Å². The maximum atomic E-state index is 10.4. The zero-order valence-corrected chi connectivity index (χ0v) is 6.39. The van der Waals surface area contributed by atoms with Crippen LogP contribution in [-0.2, 0) is 4.79 Å². The Morgan fingerprint density at radius 1 is 1.88 bits per heavy atom. The van der Waals surface area contributed by atoms with E-state index in [-0.39, 0.29) is 5.91 Å². The average Bonchev–Trinajstić information content (AvgIpc) is 1.83. The molecule has 0 atom stereocenters. The van der Waals surface area contributed by atoms with E-state index >= 15 is 0 Å². The lowest BCUT2D eigenvalue weighted by Gasteiger charge is -1.96. The minimum Gasteiger partial charge on any atom is -0.346 e. The number of hydrogen-bond acceptors (Lipinski definition) is 3. The van der Waals surface area contributed by atoms with E-state index < -0.39 is 0 Å². The molecule has 8 heavy (non-hydrogen) atoms. The molecule has 4 heteroatoms. The number of nitrogens with one attached hydrogen (secondary N) is 1. The first-order chi connectivity index (χ1) is 3.81. The molecule has 0 fully saturated rings. The Kier molecular flexibility index (Phi) is 5.42. The van der Waals surface area contributed by atoms with E-state index in [1.54, 1.807) is 0 Å². The van der Waals surface area contributed by atoms with Crippen LogP contribution < -0.4 is 5.32 Å². The summed E-state index contributed by atoms with van der Waals surface area (Å²) in [7, 11) is 1.31. The van der Waals surface area contributed by atoms with Gasteiger partial charge in [0.2, 0.25) is 5.91 Å². The van der Waals surface area contributed by atoms with Crippen LogP contribution in [0.25, 0.3) is 0 Å². The van der Waals surface area contributed by atoms with Crippen molar-refractivity contribution in [1.29, 1.82) is 0 Å². The van der Waals surface area contributed by atoms with E-state index in [4.69, 9.17) is 0 Å². The first-order valence-corrected chi connectivity index (χ1v) is 4.38. The van der Waals surface area contributed by atoms with Gasteiger partial charge in [0.25, 0.3) is 0 Å². The predicted molar refractivity (Wildman–Crippen MR) is 39.9 cm³/mol. The van der Waals surface area contributed by atoms with Gasteiger partial charge in [-0.05, 0) is 0 Å². The average molecular weight is 151 g/mol. The molecular formula is C4H9NOS2. The SMILES string of the molecule is CCC(=O)NCSS. The van der Waals surface area contributed by atoms with Crippen molar-refractivity contribution in [1.82, 2.24) is 5.32 Å². The number of thiol groups is 1. The summed E-state index contributed by atoms with van der Waals surface area (Å²) in [5.41, 5.74) is 0. The molecule has 0 unspecified atom stereocenters. The molecule has 48 valence electrons. The largest absolute Gasteiger partial charge is 0.346 e. The van der Waals surface area contributed by atoms with Gasteiger partial charge in [-0.25, -0.2) is 0 Å². The van der Waals surface area contributed by atoms with Crippen molar-refractivity contribution in [3.8, 4) is 0 Å². The zero-order chi connectivity index (χ0) is 6.41. The minimum absolute atomic E-state index is 0.0755. The molecule has 0 saturated carbocycles. The maximum absolute atomic E-state index is 10.4. The van der Waals surface area contributed by atoms with Crippen molar-refractivity contribution < 1.29 is 4.79 Å². The van der Waals surface area contributed by atoms with Crippen molar-refractivity contribution in [3.63, 3.8) is 0 Å². The van der Waals surface area contributed by atoms with Crippen molar-refractivity contribution in [3.05, 3.63) is 0 Å². The van der Waals surface area contributed by atoms with Crippen molar-refractivity contribution in [2.24, 2.45) is 0 Å². The summed E-state index contributed by atoms with van der Waals surface area (Å²) in [6.45, 7) is 1.82. The number of hydrogen-bond donors (Lipinski definition) is 2. The molecule has 1 amide bonds. The fourth-order valence-electron chi connectivity index (χ4n) is 0.238. The normalized spacial score (nSPS) is 8.75. The van der Waals surface area contributed by atoms with Crippen LogP contribution in [0.5, 0.6) is 0 Å². The van der Waals surface area contributed by atoms with Crippen LogP contribution in [0.15, 0.2) is 0 Å². The molecule has 0 aliphatic rings. The lowest BCUT2D eigenvalue weighted by Crippen LogP contribution is -2.20. The van der Waals surface area contributed by atoms with Crippen LogP contribution in [0.4, 0.5) is 0 Å². The van der Waals surface area contributed by atoms with Crippen LogP contribution in [0.1, 0.15) is 13.3 Å². The van der Waals surface area contributed by atoms with Gasteiger partial charge in [0.05, 0.1) is 5.88 Å². The van der Waals surface area contributed by atoms with Gasteiger partial charge >= 0.3 is 0 Å². The molecule has 2 nitrogen and oxygen atoms in total. The highest BCUT2D eigenvalue weighted by Gasteiger charge is 1.91. The second kappa shape index (κ2) is 5.31. The fraction of sp³-hybridized carbons (Fsp3) is 0.750. The van der Waals surface area contributed by atoms with Crippen LogP contribution in [-0.4, -0.2) is 11.8 Å². The summed E-state index contributed by atoms with van der Waals surface area (Å²) in [5.74, 6) is 0.669. The topological polar surface area (TPSA) is 29.1 Å². The lowest BCUT2D eigenvalue weighted by molar-refractivity contribution is -0.120. The Morgan fingerprint density at radius 3 is 2.88 bits per heavy atom. The summed E-state index contributed by atoms with van der Waals surface area (Å²) in [6, 6.07) is 0. The third-order valence-corrected chi connectivity index (χ3v) is 1.32. The van der Waals surface area contributed by atoms with Crippen molar-refractivity contribution in [2.45, 2.75) is 13.3 Å². The third-order valence-electron chi connectivity index (χ3n) is 0.655. The zero-order valence-electron chi connectivity index (χ0n) is 4.68. The summed E-state index contributed by atoms with van der Waals surface area (Å²) in [5, 5.41) is 2.63. The first-order valence-electron chi connectivity index (χ1n) is 2.34. The molecule has 0 heterocycles. The second-order valence-electron chi connectivity index (χ2n) is 1.23. The molecular weight excluding hydrogens is 142 g/mol. The summed E-state index contributed by atoms with van der Waals surface area (Å²) < 4.78 is 0. The fourth-order valence-corrected chi connectivity index (χ4v) is 0.657. The van der Waals surface area contributed by atoms with Gasteiger partial charge in [-0.1, -0.05) is 17.7 Å². The Balaban J connectivity index is 2.99. The minimum atomic E-state index is 0.0755. The molecule has 1 N–H and O–H groups in total. The molecule has 0 rings (SSSR count). The first kappa shape index (κ1) is 8.17. The van der Waals surface area contributed by atoms with E-state index in [9.17, 15) is 4.79 Å². The molecule has 0 aromatic heterocycles. The molecule has 0 saturated heterocycles. The number of carbonyl (C=O) groups is 1. The van der Waals surface area contributed by atoms with E-state index in [0.29, 0.717) is 12.3 Å². The van der Waals surface area contributed by atoms with Gasteiger partial charge in [-0.15, -0.1) is 11.7 Å². The number of carbonyl (C=O) groups excluding carboxylic acids is 1. The monoisotopic (exact) mass is 151 g/mol. The molecule has 0 aliphatic heterocycles. The Bertz CT molecular complexity index is 76.4. The van der Waals surface area contributed by atoms with Crippen LogP contribution in [0.2, 0.25) is 0 Å². The molecule has 0 aromatic rings. The van der Waals surface area contributed by atoms with Gasteiger partial charge in [-0.2, -0.15) is 0 Å². The Morgan fingerprint density at radius 2 is 2.50 bits per heavy atom. The molecule has 0 spiro atoms. The summed E-state index contributed by atoms with van der Waals surface area (Å²) in [6.07, 6.45) is 0.550. The standard InChI is InChI=1S/C4H9NOS2/c1-2-4(6)5-3-8-7/h7H,2-3H2,1H3,(H,5,6). The highest BCUT2D eigenvalue weighted by molar-refractivity contribution is 8.68. The quantitative estimate of drug-likeness (QED) is 0.358. The van der Waals surface area contributed by atoms with Gasteiger partial charge in [0.15, 0.2) is 0 Å². The van der Waals surface area contributed by atoms with E-state index in [0.717, 1.165) is 0 Å². The van der Waals surface area contributed by atoms with E-state index in [1.807, 2.05) is 6.92 Å². The molecule has 0 aliphatic carbocycles. The third kappa shape index (κ3) is 4.33. The highest BCUT2D eigenvalue weighted by Crippen LogP contribution is 1.99. The van der Waals surface area contributed by atoms with Crippen LogP contribution >= 0.6 is 22.5 Å². The summed E-state index contributed by atoms with van der Waals surface area (Å²) in [4.78, 5) is 10.4. The molecule has 0 radical (unpaired) electrons. The van der Waals surface area contributed by atoms with Crippen molar-refractivity contribution in [2.75, 3.05) is 5.88 Å². The van der Waals surface area contributed by atoms with Crippen LogP contribution in [0, 0.1) is 0 Å². The highest BCUT2D eigenvalue weighted by atomic mass is 33.1. The molecule has 0 bridgehead atoms. The van der Waals surface area contributed by atoms with Gasteiger partial charge < -0.3 is 5.32 Å². The van der Waals surface area contributed by atoms with Gasteiger partial charge in [0.1, 0.15) is 0 Å². The second-order valence-corrected chi connectivity index (χ2v) is 2.55. The van der Waals surface area contributed by atoms with Gasteiger partial charge in [-0.3, -0.25) is 4.79 Å². The summed E-state index contributed by atoms with van der Waals surface area (Å²) >= 11 is 3.84. The maximum Gasteiger partial charge on any atom is 0.220 e. The molecule has 0 aromatic carbocycles. The van der Waals surface area contributed by atoms with E-state index in [2.05, 4.69) is 17.0 Å². The van der Waals surface area contributed by atoms with Crippen LogP contribution in [0.3, 0.4) is 0 Å². The number of amides is 1. The smallest absolute Gasteiger partial charge is 0.220 e. The Hall–Kier alpha value is 0.170. The lowest BCUT2D eigenvalue weighted by atomic mass is 10.5. The van der Waals surface area contributed by atoms with Gasteiger partial charge in [0, 0.05) is 6.42 Å². The number of rotatable bonds is 3.